The molecule has 84 valence electrons. The molecule has 0 bridgehead atoms. The molecule has 2 rings (SSSR count). The number of nitrogens with zero attached hydrogens (tertiary/aromatic N) is 2. The van der Waals surface area contributed by atoms with Crippen molar-refractivity contribution >= 4 is 9.84 Å². The van der Waals surface area contributed by atoms with E-state index < -0.39 is 9.84 Å². The fraction of sp³-hybridized carbons (Fsp3) is 0.455. The highest BCUT2D eigenvalue weighted by Gasteiger charge is 2.39. The van der Waals surface area contributed by atoms with E-state index in [9.17, 15) is 8.42 Å². The minimum Gasteiger partial charge on any atom is -0.244 e. The smallest absolute Gasteiger partial charge is 0.184 e. The van der Waals surface area contributed by atoms with Crippen molar-refractivity contribution in [2.45, 2.75) is 36.3 Å². The summed E-state index contributed by atoms with van der Waals surface area (Å²) in [5.74, 6) is 0. The fourth-order valence-electron chi connectivity index (χ4n) is 1.71. The number of aryl methyl sites for hydroxylation is 1. The van der Waals surface area contributed by atoms with Crippen LogP contribution in [0.3, 0.4) is 0 Å². The third-order valence-corrected chi connectivity index (χ3v) is 5.09. The Labute approximate surface area is 94.9 Å². The minimum atomic E-state index is -3.34. The topological polar surface area (TPSA) is 70.8 Å². The van der Waals surface area contributed by atoms with Gasteiger partial charge < -0.3 is 0 Å². The Hall–Kier alpha value is -1.41. The molecule has 0 atom stereocenters. The molecule has 0 aliphatic heterocycles. The average molecular weight is 236 g/mol. The summed E-state index contributed by atoms with van der Waals surface area (Å²) < 4.78 is 24.3. The van der Waals surface area contributed by atoms with E-state index in [-0.39, 0.29) is 15.8 Å². The molecule has 0 N–H and O–H groups in total. The molecule has 0 radical (unpaired) electrons. The molecule has 4 nitrogen and oxygen atoms in total. The number of hydrogen-bond acceptors (Lipinski definition) is 4. The van der Waals surface area contributed by atoms with Crippen LogP contribution in [0.5, 0.6) is 0 Å². The predicted molar refractivity (Wildman–Crippen MR) is 58.5 cm³/mol. The summed E-state index contributed by atoms with van der Waals surface area (Å²) >= 11 is 0. The molecular formula is C11H12N2O2S. The van der Waals surface area contributed by atoms with Crippen molar-refractivity contribution in [2.24, 2.45) is 0 Å². The Balaban J connectivity index is 2.66. The average Bonchev–Trinajstić information content (AvgIpc) is 3.11. The van der Waals surface area contributed by atoms with Gasteiger partial charge in [0, 0.05) is 6.20 Å². The largest absolute Gasteiger partial charge is 0.244 e. The Morgan fingerprint density at radius 1 is 1.56 bits per heavy atom. The van der Waals surface area contributed by atoms with Gasteiger partial charge in [0.1, 0.15) is 11.0 Å². The number of pyridine rings is 1. The molecule has 5 heteroatoms. The Morgan fingerprint density at radius 3 is 2.75 bits per heavy atom. The van der Waals surface area contributed by atoms with Crippen molar-refractivity contribution in [2.75, 3.05) is 0 Å². The molecule has 1 saturated carbocycles. The maximum atomic E-state index is 12.2. The molecule has 0 unspecified atom stereocenters. The van der Waals surface area contributed by atoms with Crippen molar-refractivity contribution in [1.82, 2.24) is 4.98 Å². The summed E-state index contributed by atoms with van der Waals surface area (Å²) in [5.41, 5.74) is 0.727. The van der Waals surface area contributed by atoms with Gasteiger partial charge in [0.25, 0.3) is 0 Å². The third kappa shape index (κ3) is 1.69. The van der Waals surface area contributed by atoms with Crippen molar-refractivity contribution in [3.8, 4) is 6.07 Å². The van der Waals surface area contributed by atoms with Crippen molar-refractivity contribution in [1.29, 1.82) is 5.26 Å². The first-order valence-corrected chi connectivity index (χ1v) is 6.77. The predicted octanol–water partition coefficient (Wildman–Crippen LogP) is 1.45. The number of rotatable bonds is 3. The van der Waals surface area contributed by atoms with Crippen LogP contribution < -0.4 is 0 Å². The van der Waals surface area contributed by atoms with Crippen LogP contribution in [-0.2, 0) is 16.3 Å². The van der Waals surface area contributed by atoms with E-state index in [1.807, 2.05) is 13.0 Å². The first kappa shape index (κ1) is 11.1. The molecule has 1 fully saturated rings. The molecule has 1 aromatic heterocycles. The van der Waals surface area contributed by atoms with Crippen LogP contribution in [0, 0.1) is 11.3 Å². The van der Waals surface area contributed by atoms with Crippen LogP contribution in [0.4, 0.5) is 0 Å². The van der Waals surface area contributed by atoms with Crippen LogP contribution in [0.2, 0.25) is 0 Å². The minimum absolute atomic E-state index is 0.0336. The van der Waals surface area contributed by atoms with Gasteiger partial charge in [-0.2, -0.15) is 5.26 Å². The molecule has 1 aromatic rings. The summed E-state index contributed by atoms with van der Waals surface area (Å²) in [6.45, 7) is 1.88. The van der Waals surface area contributed by atoms with Crippen molar-refractivity contribution < 1.29 is 8.42 Å². The van der Waals surface area contributed by atoms with Gasteiger partial charge in [0.15, 0.2) is 15.5 Å². The lowest BCUT2D eigenvalue weighted by atomic mass is 10.2. The number of nitriles is 1. The van der Waals surface area contributed by atoms with Gasteiger partial charge in [0.05, 0.1) is 5.25 Å². The van der Waals surface area contributed by atoms with Gasteiger partial charge in [0.2, 0.25) is 0 Å². The van der Waals surface area contributed by atoms with E-state index >= 15 is 0 Å². The lowest BCUT2D eigenvalue weighted by Gasteiger charge is -2.08. The van der Waals surface area contributed by atoms with Gasteiger partial charge in [-0.3, -0.25) is 0 Å². The van der Waals surface area contributed by atoms with Crippen LogP contribution >= 0.6 is 0 Å². The maximum Gasteiger partial charge on any atom is 0.184 e. The Morgan fingerprint density at radius 2 is 2.25 bits per heavy atom. The molecule has 1 aliphatic carbocycles. The number of sulfone groups is 1. The molecule has 1 heterocycles. The molecule has 0 aromatic carbocycles. The van der Waals surface area contributed by atoms with E-state index in [0.29, 0.717) is 24.8 Å². The highest BCUT2D eigenvalue weighted by Crippen LogP contribution is 2.35. The Bertz CT molecular complexity index is 554. The second-order valence-corrected chi connectivity index (χ2v) is 6.02. The standard InChI is InChI=1S/C11H12N2O2S/c1-2-8-5-6-13-10(7-12)11(8)16(14,15)9-3-4-9/h5-6,9H,2-4H2,1H3. The summed E-state index contributed by atoms with van der Waals surface area (Å²) in [6, 6.07) is 3.55. The second kappa shape index (κ2) is 3.87. The molecule has 1 aliphatic rings. The molecular weight excluding hydrogens is 224 g/mol. The van der Waals surface area contributed by atoms with Crippen LogP contribution in [-0.4, -0.2) is 18.7 Å². The van der Waals surface area contributed by atoms with E-state index in [1.54, 1.807) is 6.07 Å². The second-order valence-electron chi connectivity index (χ2n) is 3.86. The summed E-state index contributed by atoms with van der Waals surface area (Å²) in [4.78, 5) is 4.00. The van der Waals surface area contributed by atoms with Gasteiger partial charge in [-0.15, -0.1) is 0 Å². The lowest BCUT2D eigenvalue weighted by Crippen LogP contribution is -2.13. The first-order valence-electron chi connectivity index (χ1n) is 5.23. The Kier molecular flexibility index (Phi) is 2.68. The quantitative estimate of drug-likeness (QED) is 0.796. The van der Waals surface area contributed by atoms with Crippen LogP contribution in [0.15, 0.2) is 17.2 Å². The van der Waals surface area contributed by atoms with Crippen LogP contribution in [0.1, 0.15) is 31.0 Å². The SMILES string of the molecule is CCc1ccnc(C#N)c1S(=O)(=O)C1CC1. The summed E-state index contributed by atoms with van der Waals surface area (Å²) in [6.07, 6.45) is 3.48. The van der Waals surface area contributed by atoms with Gasteiger partial charge in [-0.1, -0.05) is 6.92 Å². The summed E-state index contributed by atoms with van der Waals surface area (Å²) in [5, 5.41) is 8.63. The third-order valence-electron chi connectivity index (χ3n) is 2.72. The highest BCUT2D eigenvalue weighted by atomic mass is 32.2. The normalized spacial score (nSPS) is 15.8. The van der Waals surface area contributed by atoms with E-state index in [0.717, 1.165) is 0 Å². The van der Waals surface area contributed by atoms with E-state index in [1.165, 1.54) is 6.20 Å². The van der Waals surface area contributed by atoms with Crippen molar-refractivity contribution in [3.63, 3.8) is 0 Å². The zero-order chi connectivity index (χ0) is 11.8. The van der Waals surface area contributed by atoms with E-state index in [2.05, 4.69) is 4.98 Å². The molecule has 16 heavy (non-hydrogen) atoms. The molecule has 0 spiro atoms. The van der Waals surface area contributed by atoms with E-state index in [4.69, 9.17) is 5.26 Å². The first-order chi connectivity index (χ1) is 7.61. The fourth-order valence-corrected chi connectivity index (χ4v) is 3.74. The van der Waals surface area contributed by atoms with Gasteiger partial charge >= 0.3 is 0 Å². The monoisotopic (exact) mass is 236 g/mol. The van der Waals surface area contributed by atoms with Crippen LogP contribution in [0.25, 0.3) is 0 Å². The molecule has 0 amide bonds. The summed E-state index contributed by atoms with van der Waals surface area (Å²) in [7, 11) is -3.34. The van der Waals surface area contributed by atoms with Gasteiger partial charge in [-0.25, -0.2) is 13.4 Å². The zero-order valence-corrected chi connectivity index (χ0v) is 9.79. The lowest BCUT2D eigenvalue weighted by molar-refractivity contribution is 0.593. The molecule has 0 saturated heterocycles. The maximum absolute atomic E-state index is 12.2. The number of hydrogen-bond donors (Lipinski definition) is 0. The van der Waals surface area contributed by atoms with Crippen molar-refractivity contribution in [3.05, 3.63) is 23.5 Å². The number of aromatic nitrogens is 1. The zero-order valence-electron chi connectivity index (χ0n) is 8.97. The highest BCUT2D eigenvalue weighted by molar-refractivity contribution is 7.92. The van der Waals surface area contributed by atoms with Gasteiger partial charge in [-0.05, 0) is 30.9 Å².